The smallest absolute Gasteiger partial charge is 0.274 e. The number of aromatic amines is 1. The number of fused-ring (bicyclic) bond motifs is 1. The molecule has 1 aliphatic heterocycles. The number of H-pyrrole nitrogens is 1. The van der Waals surface area contributed by atoms with Crippen LogP contribution in [0.15, 0.2) is 28.8 Å². The van der Waals surface area contributed by atoms with Crippen LogP contribution in [0.2, 0.25) is 0 Å². The van der Waals surface area contributed by atoms with Crippen molar-refractivity contribution in [1.29, 1.82) is 0 Å². The van der Waals surface area contributed by atoms with Crippen LogP contribution in [0.3, 0.4) is 0 Å². The van der Waals surface area contributed by atoms with Crippen molar-refractivity contribution in [3.8, 4) is 11.6 Å². The van der Waals surface area contributed by atoms with Gasteiger partial charge in [-0.15, -0.1) is 0 Å². The summed E-state index contributed by atoms with van der Waals surface area (Å²) in [6.45, 7) is 1.72. The first kappa shape index (κ1) is 15.3. The number of hydrogen-bond acceptors (Lipinski definition) is 5. The molecule has 0 spiro atoms. The minimum Gasteiger partial charge on any atom is -0.350 e. The van der Waals surface area contributed by atoms with E-state index in [0.717, 1.165) is 5.39 Å². The number of benzene rings is 1. The number of nitrogens with zero attached hydrogens (tertiary/aromatic N) is 2. The molecular weight excluding hydrogens is 333 g/mol. The fourth-order valence-electron chi connectivity index (χ4n) is 3.13. The van der Waals surface area contributed by atoms with Gasteiger partial charge in [-0.25, -0.2) is 12.8 Å². The van der Waals surface area contributed by atoms with E-state index in [1.807, 2.05) is 6.07 Å². The minimum atomic E-state index is -3.00. The Morgan fingerprint density at radius 2 is 2.17 bits per heavy atom. The maximum absolute atomic E-state index is 13.3. The Labute approximate surface area is 138 Å². The maximum Gasteiger partial charge on any atom is 0.274 e. The van der Waals surface area contributed by atoms with E-state index in [9.17, 15) is 12.8 Å². The average molecular weight is 349 g/mol. The van der Waals surface area contributed by atoms with E-state index in [4.69, 9.17) is 4.52 Å². The average Bonchev–Trinajstić information content (AvgIpc) is 3.16. The number of aromatic nitrogens is 3. The molecule has 0 radical (unpaired) electrons. The molecule has 6 nitrogen and oxygen atoms in total. The summed E-state index contributed by atoms with van der Waals surface area (Å²) >= 11 is 0. The monoisotopic (exact) mass is 349 g/mol. The van der Waals surface area contributed by atoms with Gasteiger partial charge in [0, 0.05) is 16.8 Å². The molecule has 3 aromatic rings. The van der Waals surface area contributed by atoms with Gasteiger partial charge in [0.25, 0.3) is 5.89 Å². The molecule has 1 aliphatic rings. The quantitative estimate of drug-likeness (QED) is 0.768. The van der Waals surface area contributed by atoms with Crippen LogP contribution in [0.1, 0.15) is 31.5 Å². The highest BCUT2D eigenvalue weighted by atomic mass is 32.2. The van der Waals surface area contributed by atoms with Gasteiger partial charge in [-0.2, -0.15) is 4.98 Å². The second-order valence-electron chi connectivity index (χ2n) is 6.27. The van der Waals surface area contributed by atoms with E-state index in [0.29, 0.717) is 35.8 Å². The lowest BCUT2D eigenvalue weighted by Crippen LogP contribution is -2.30. The van der Waals surface area contributed by atoms with E-state index in [1.165, 1.54) is 12.1 Å². The van der Waals surface area contributed by atoms with E-state index in [-0.39, 0.29) is 17.5 Å². The molecule has 0 aliphatic carbocycles. The normalized spacial score (nSPS) is 23.6. The molecule has 126 valence electrons. The standard InChI is InChI=1S/C16H16FN3O3S/c1-9-6-11(4-5-24(9,21)22)15-19-16(23-20-15)14-7-10-2-3-12(17)8-13(10)18-14/h2-3,7-9,11,18H,4-6H2,1H3/t9-,11+/m1/s1. The zero-order valence-corrected chi connectivity index (χ0v) is 13.8. The second-order valence-corrected chi connectivity index (χ2v) is 8.81. The summed E-state index contributed by atoms with van der Waals surface area (Å²) in [6, 6.07) is 6.29. The third-order valence-corrected chi connectivity index (χ3v) is 6.83. The molecule has 1 aromatic carbocycles. The molecule has 0 saturated carbocycles. The molecular formula is C16H16FN3O3S. The fraction of sp³-hybridized carbons (Fsp3) is 0.375. The maximum atomic E-state index is 13.3. The molecule has 2 atom stereocenters. The number of halogens is 1. The summed E-state index contributed by atoms with van der Waals surface area (Å²) < 4.78 is 42.2. The van der Waals surface area contributed by atoms with Crippen molar-refractivity contribution < 1.29 is 17.3 Å². The summed E-state index contributed by atoms with van der Waals surface area (Å²) in [4.78, 5) is 7.47. The molecule has 0 amide bonds. The number of nitrogens with one attached hydrogen (secondary N) is 1. The fourth-order valence-corrected chi connectivity index (χ4v) is 4.67. The first-order chi connectivity index (χ1) is 11.4. The van der Waals surface area contributed by atoms with Crippen LogP contribution >= 0.6 is 0 Å². The minimum absolute atomic E-state index is 0.0251. The van der Waals surface area contributed by atoms with E-state index >= 15 is 0 Å². The molecule has 1 N–H and O–H groups in total. The third-order valence-electron chi connectivity index (χ3n) is 4.60. The zero-order valence-electron chi connectivity index (χ0n) is 13.0. The van der Waals surface area contributed by atoms with Crippen LogP contribution in [0.4, 0.5) is 4.39 Å². The van der Waals surface area contributed by atoms with Crippen LogP contribution in [-0.4, -0.2) is 34.5 Å². The topological polar surface area (TPSA) is 88.8 Å². The predicted molar refractivity (Wildman–Crippen MR) is 86.8 cm³/mol. The van der Waals surface area contributed by atoms with Gasteiger partial charge in [0.05, 0.1) is 11.0 Å². The summed E-state index contributed by atoms with van der Waals surface area (Å²) in [6.07, 6.45) is 1.00. The summed E-state index contributed by atoms with van der Waals surface area (Å²) in [5, 5.41) is 4.47. The molecule has 0 bridgehead atoms. The van der Waals surface area contributed by atoms with Gasteiger partial charge in [0.1, 0.15) is 11.5 Å². The van der Waals surface area contributed by atoms with E-state index in [1.54, 1.807) is 13.0 Å². The van der Waals surface area contributed by atoms with Crippen LogP contribution in [-0.2, 0) is 9.84 Å². The third kappa shape index (κ3) is 2.60. The molecule has 3 heterocycles. The lowest BCUT2D eigenvalue weighted by molar-refractivity contribution is 0.406. The van der Waals surface area contributed by atoms with Gasteiger partial charge >= 0.3 is 0 Å². The van der Waals surface area contributed by atoms with Crippen molar-refractivity contribution in [2.45, 2.75) is 30.9 Å². The lowest BCUT2D eigenvalue weighted by Gasteiger charge is -2.24. The molecule has 1 saturated heterocycles. The van der Waals surface area contributed by atoms with Crippen LogP contribution in [0.25, 0.3) is 22.5 Å². The van der Waals surface area contributed by atoms with Gasteiger partial charge in [-0.1, -0.05) is 5.16 Å². The molecule has 2 aromatic heterocycles. The van der Waals surface area contributed by atoms with Crippen LogP contribution < -0.4 is 0 Å². The Hall–Kier alpha value is -2.22. The van der Waals surface area contributed by atoms with Crippen LogP contribution in [0.5, 0.6) is 0 Å². The first-order valence-electron chi connectivity index (χ1n) is 7.76. The molecule has 8 heteroatoms. The predicted octanol–water partition coefficient (Wildman–Crippen LogP) is 3.04. The van der Waals surface area contributed by atoms with Gasteiger partial charge in [-0.3, -0.25) is 0 Å². The van der Waals surface area contributed by atoms with Crippen molar-refractivity contribution in [2.75, 3.05) is 5.75 Å². The van der Waals surface area contributed by atoms with Crippen molar-refractivity contribution in [3.63, 3.8) is 0 Å². The Bertz CT molecular complexity index is 1010. The molecule has 0 unspecified atom stereocenters. The molecule has 1 fully saturated rings. The Kier molecular flexibility index (Phi) is 3.45. The number of rotatable bonds is 2. The Morgan fingerprint density at radius 1 is 1.33 bits per heavy atom. The zero-order chi connectivity index (χ0) is 16.9. The lowest BCUT2D eigenvalue weighted by atomic mass is 9.99. The van der Waals surface area contributed by atoms with Crippen molar-refractivity contribution in [3.05, 3.63) is 35.9 Å². The highest BCUT2D eigenvalue weighted by molar-refractivity contribution is 7.92. The highest BCUT2D eigenvalue weighted by Crippen LogP contribution is 2.32. The largest absolute Gasteiger partial charge is 0.350 e. The van der Waals surface area contributed by atoms with Gasteiger partial charge in [0.15, 0.2) is 15.7 Å². The Morgan fingerprint density at radius 3 is 2.96 bits per heavy atom. The number of hydrogen-bond donors (Lipinski definition) is 1. The summed E-state index contributed by atoms with van der Waals surface area (Å²) in [5.74, 6) is 0.649. The number of sulfone groups is 1. The SMILES string of the molecule is C[C@@H]1C[C@@H](c2noc(-c3cc4ccc(F)cc4[nH]3)n2)CCS1(=O)=O. The van der Waals surface area contributed by atoms with E-state index in [2.05, 4.69) is 15.1 Å². The summed E-state index contributed by atoms with van der Waals surface area (Å²) in [7, 11) is -3.00. The van der Waals surface area contributed by atoms with Crippen molar-refractivity contribution in [1.82, 2.24) is 15.1 Å². The molecule has 4 rings (SSSR count). The second kappa shape index (κ2) is 5.41. The van der Waals surface area contributed by atoms with E-state index < -0.39 is 15.1 Å². The van der Waals surface area contributed by atoms with Crippen molar-refractivity contribution in [2.24, 2.45) is 0 Å². The first-order valence-corrected chi connectivity index (χ1v) is 9.48. The highest BCUT2D eigenvalue weighted by Gasteiger charge is 2.34. The Balaban J connectivity index is 1.62. The van der Waals surface area contributed by atoms with Gasteiger partial charge < -0.3 is 9.51 Å². The molecule has 24 heavy (non-hydrogen) atoms. The van der Waals surface area contributed by atoms with Crippen LogP contribution in [0, 0.1) is 5.82 Å². The van der Waals surface area contributed by atoms with Gasteiger partial charge in [0.2, 0.25) is 0 Å². The van der Waals surface area contributed by atoms with Crippen molar-refractivity contribution >= 4 is 20.7 Å². The van der Waals surface area contributed by atoms with Gasteiger partial charge in [-0.05, 0) is 44.0 Å². The summed E-state index contributed by atoms with van der Waals surface area (Å²) in [5.41, 5.74) is 1.27.